The second kappa shape index (κ2) is 6.42. The van der Waals surface area contributed by atoms with Gasteiger partial charge < -0.3 is 14.5 Å². The predicted octanol–water partition coefficient (Wildman–Crippen LogP) is 2.82. The van der Waals surface area contributed by atoms with E-state index in [4.69, 9.17) is 27.9 Å². The summed E-state index contributed by atoms with van der Waals surface area (Å²) in [5.74, 6) is 0.135. The molecule has 1 atom stereocenters. The van der Waals surface area contributed by atoms with Crippen molar-refractivity contribution in [1.29, 1.82) is 0 Å². The number of hydrogen-bond acceptors (Lipinski definition) is 3. The Morgan fingerprint density at radius 1 is 1.10 bits per heavy atom. The van der Waals surface area contributed by atoms with Crippen LogP contribution < -0.4 is 4.90 Å². The summed E-state index contributed by atoms with van der Waals surface area (Å²) in [7, 11) is 0. The van der Waals surface area contributed by atoms with Crippen molar-refractivity contribution in [2.45, 2.75) is 18.9 Å². The summed E-state index contributed by atoms with van der Waals surface area (Å²) in [6.07, 6.45) is 1.61. The second-order valence-electron chi connectivity index (χ2n) is 5.44. The summed E-state index contributed by atoms with van der Waals surface area (Å²) in [5, 5.41) is 1.27. The largest absolute Gasteiger partial charge is 0.368 e. The van der Waals surface area contributed by atoms with Crippen LogP contribution in [-0.4, -0.2) is 49.7 Å². The monoisotopic (exact) mass is 328 g/mol. The number of amides is 1. The topological polar surface area (TPSA) is 32.8 Å². The van der Waals surface area contributed by atoms with Gasteiger partial charge in [-0.25, -0.2) is 0 Å². The second-order valence-corrected chi connectivity index (χ2v) is 6.31. The molecule has 1 aromatic carbocycles. The zero-order chi connectivity index (χ0) is 14.8. The minimum absolute atomic E-state index is 0.135. The third kappa shape index (κ3) is 3.44. The summed E-state index contributed by atoms with van der Waals surface area (Å²) in [6.45, 7) is 3.70. The van der Waals surface area contributed by atoms with Gasteiger partial charge >= 0.3 is 0 Å². The standard InChI is InChI=1S/C15H18Cl2N2O2/c16-11-8-12(17)10-13(9-11)18-3-5-19(6-4-18)15(20)14-2-1-7-21-14/h8-10,14H,1-7H2. The number of carbonyl (C=O) groups is 1. The van der Waals surface area contributed by atoms with E-state index in [1.54, 1.807) is 6.07 Å². The first kappa shape index (κ1) is 14.9. The molecule has 114 valence electrons. The summed E-state index contributed by atoms with van der Waals surface area (Å²) in [5.41, 5.74) is 1.01. The van der Waals surface area contributed by atoms with Gasteiger partial charge in [0.25, 0.3) is 5.91 Å². The van der Waals surface area contributed by atoms with Crippen LogP contribution in [0.25, 0.3) is 0 Å². The molecule has 21 heavy (non-hydrogen) atoms. The van der Waals surface area contributed by atoms with Crippen molar-refractivity contribution in [2.24, 2.45) is 0 Å². The first-order chi connectivity index (χ1) is 10.1. The fourth-order valence-electron chi connectivity index (χ4n) is 2.88. The van der Waals surface area contributed by atoms with E-state index in [0.29, 0.717) is 29.7 Å². The first-order valence-corrected chi connectivity index (χ1v) is 8.00. The van der Waals surface area contributed by atoms with Gasteiger partial charge in [-0.1, -0.05) is 23.2 Å². The van der Waals surface area contributed by atoms with Crippen LogP contribution in [0.15, 0.2) is 18.2 Å². The van der Waals surface area contributed by atoms with E-state index in [9.17, 15) is 4.79 Å². The Labute approximate surface area is 134 Å². The quantitative estimate of drug-likeness (QED) is 0.836. The highest BCUT2D eigenvalue weighted by Gasteiger charge is 2.30. The lowest BCUT2D eigenvalue weighted by molar-refractivity contribution is -0.141. The molecule has 0 saturated carbocycles. The Morgan fingerprint density at radius 2 is 1.76 bits per heavy atom. The highest BCUT2D eigenvalue weighted by molar-refractivity contribution is 6.35. The number of benzene rings is 1. The molecule has 0 N–H and O–H groups in total. The maximum atomic E-state index is 12.3. The summed E-state index contributed by atoms with van der Waals surface area (Å²) in [6, 6.07) is 5.54. The van der Waals surface area contributed by atoms with Gasteiger partial charge in [-0.2, -0.15) is 0 Å². The zero-order valence-corrected chi connectivity index (χ0v) is 13.2. The van der Waals surface area contributed by atoms with Crippen LogP contribution in [0, 0.1) is 0 Å². The van der Waals surface area contributed by atoms with Crippen LogP contribution >= 0.6 is 23.2 Å². The number of carbonyl (C=O) groups excluding carboxylic acids is 1. The summed E-state index contributed by atoms with van der Waals surface area (Å²) < 4.78 is 5.47. The van der Waals surface area contributed by atoms with E-state index in [0.717, 1.165) is 31.6 Å². The van der Waals surface area contributed by atoms with Crippen molar-refractivity contribution >= 4 is 34.8 Å². The average molecular weight is 329 g/mol. The molecule has 1 unspecified atom stereocenters. The molecular weight excluding hydrogens is 311 g/mol. The Kier molecular flexibility index (Phi) is 4.57. The third-order valence-electron chi connectivity index (χ3n) is 4.01. The molecular formula is C15H18Cl2N2O2. The molecule has 4 nitrogen and oxygen atoms in total. The fraction of sp³-hybridized carbons (Fsp3) is 0.533. The number of halogens is 2. The van der Waals surface area contributed by atoms with Crippen LogP contribution in [0.2, 0.25) is 10.0 Å². The minimum atomic E-state index is -0.225. The molecule has 0 spiro atoms. The molecule has 0 radical (unpaired) electrons. The number of piperazine rings is 1. The van der Waals surface area contributed by atoms with Gasteiger partial charge in [-0.15, -0.1) is 0 Å². The maximum absolute atomic E-state index is 12.3. The van der Waals surface area contributed by atoms with E-state index < -0.39 is 0 Å². The number of rotatable bonds is 2. The van der Waals surface area contributed by atoms with Crippen molar-refractivity contribution < 1.29 is 9.53 Å². The molecule has 6 heteroatoms. The highest BCUT2D eigenvalue weighted by Crippen LogP contribution is 2.26. The van der Waals surface area contributed by atoms with Crippen molar-refractivity contribution in [3.05, 3.63) is 28.2 Å². The van der Waals surface area contributed by atoms with E-state index in [-0.39, 0.29) is 12.0 Å². The van der Waals surface area contributed by atoms with Gasteiger partial charge in [0, 0.05) is 48.5 Å². The summed E-state index contributed by atoms with van der Waals surface area (Å²) >= 11 is 12.1. The fourth-order valence-corrected chi connectivity index (χ4v) is 3.40. The smallest absolute Gasteiger partial charge is 0.251 e. The summed E-state index contributed by atoms with van der Waals surface area (Å²) in [4.78, 5) is 16.4. The Hall–Kier alpha value is -0.970. The van der Waals surface area contributed by atoms with E-state index in [2.05, 4.69) is 4.90 Å². The zero-order valence-electron chi connectivity index (χ0n) is 11.7. The van der Waals surface area contributed by atoms with Crippen LogP contribution in [0.5, 0.6) is 0 Å². The van der Waals surface area contributed by atoms with Crippen LogP contribution in [0.1, 0.15) is 12.8 Å². The van der Waals surface area contributed by atoms with Gasteiger partial charge in [-0.05, 0) is 31.0 Å². The van der Waals surface area contributed by atoms with Gasteiger partial charge in [0.05, 0.1) is 0 Å². The SMILES string of the molecule is O=C(C1CCCO1)N1CCN(c2cc(Cl)cc(Cl)c2)CC1. The van der Waals surface area contributed by atoms with Crippen molar-refractivity contribution in [2.75, 3.05) is 37.7 Å². The lowest BCUT2D eigenvalue weighted by atomic mass is 10.2. The van der Waals surface area contributed by atoms with E-state index >= 15 is 0 Å². The van der Waals surface area contributed by atoms with Crippen LogP contribution in [0.4, 0.5) is 5.69 Å². The molecule has 1 aromatic rings. The normalized spacial score (nSPS) is 22.7. The third-order valence-corrected chi connectivity index (χ3v) is 4.45. The van der Waals surface area contributed by atoms with Gasteiger partial charge in [0.2, 0.25) is 0 Å². The molecule has 2 heterocycles. The molecule has 2 aliphatic rings. The Balaban J connectivity index is 1.60. The van der Waals surface area contributed by atoms with Gasteiger partial charge in [0.15, 0.2) is 0 Å². The molecule has 0 aliphatic carbocycles. The first-order valence-electron chi connectivity index (χ1n) is 7.25. The number of ether oxygens (including phenoxy) is 1. The number of anilines is 1. The van der Waals surface area contributed by atoms with Gasteiger partial charge in [-0.3, -0.25) is 4.79 Å². The van der Waals surface area contributed by atoms with Crippen molar-refractivity contribution in [3.63, 3.8) is 0 Å². The highest BCUT2D eigenvalue weighted by atomic mass is 35.5. The van der Waals surface area contributed by atoms with Gasteiger partial charge in [0.1, 0.15) is 6.10 Å². The van der Waals surface area contributed by atoms with E-state index in [1.165, 1.54) is 0 Å². The molecule has 2 aliphatic heterocycles. The molecule has 3 rings (SSSR count). The Morgan fingerprint density at radius 3 is 2.33 bits per heavy atom. The van der Waals surface area contributed by atoms with E-state index in [1.807, 2.05) is 17.0 Å². The average Bonchev–Trinajstić information content (AvgIpc) is 3.00. The Bertz CT molecular complexity index is 504. The molecule has 1 amide bonds. The van der Waals surface area contributed by atoms with Crippen LogP contribution in [-0.2, 0) is 9.53 Å². The molecule has 2 fully saturated rings. The predicted molar refractivity (Wildman–Crippen MR) is 84.2 cm³/mol. The number of nitrogens with zero attached hydrogens (tertiary/aromatic N) is 2. The molecule has 0 bridgehead atoms. The van der Waals surface area contributed by atoms with Crippen LogP contribution in [0.3, 0.4) is 0 Å². The van der Waals surface area contributed by atoms with Crippen molar-refractivity contribution in [1.82, 2.24) is 4.90 Å². The number of hydrogen-bond donors (Lipinski definition) is 0. The lowest BCUT2D eigenvalue weighted by Gasteiger charge is -2.37. The lowest BCUT2D eigenvalue weighted by Crippen LogP contribution is -2.51. The maximum Gasteiger partial charge on any atom is 0.251 e. The molecule has 2 saturated heterocycles. The van der Waals surface area contributed by atoms with Crippen molar-refractivity contribution in [3.8, 4) is 0 Å². The minimum Gasteiger partial charge on any atom is -0.368 e. The molecule has 0 aromatic heterocycles.